The second-order valence-electron chi connectivity index (χ2n) is 5.21. The van der Waals surface area contributed by atoms with E-state index in [1.807, 2.05) is 49.6 Å². The minimum absolute atomic E-state index is 0.0737. The van der Waals surface area contributed by atoms with Crippen LogP contribution in [-0.4, -0.2) is 25.7 Å². The van der Waals surface area contributed by atoms with Crippen LogP contribution in [0.3, 0.4) is 0 Å². The number of para-hydroxylation sites is 1. The lowest BCUT2D eigenvalue weighted by Gasteiger charge is -2.08. The van der Waals surface area contributed by atoms with Crippen LogP contribution in [0.2, 0.25) is 0 Å². The lowest BCUT2D eigenvalue weighted by Crippen LogP contribution is -2.28. The van der Waals surface area contributed by atoms with Gasteiger partial charge in [-0.2, -0.15) is 0 Å². The van der Waals surface area contributed by atoms with Crippen molar-refractivity contribution in [1.29, 1.82) is 0 Å². The largest absolute Gasteiger partial charge is 0.348 e. The molecule has 3 aromatic rings. The van der Waals surface area contributed by atoms with Crippen LogP contribution in [0.25, 0.3) is 5.69 Å². The highest BCUT2D eigenvalue weighted by Crippen LogP contribution is 2.19. The Kier molecular flexibility index (Phi) is 4.47. The van der Waals surface area contributed by atoms with Crippen molar-refractivity contribution in [1.82, 2.24) is 25.1 Å². The fraction of sp³-hybridized carbons (Fsp3) is 0.250. The van der Waals surface area contributed by atoms with Crippen molar-refractivity contribution >= 4 is 17.2 Å². The zero-order valence-electron chi connectivity index (χ0n) is 12.9. The second kappa shape index (κ2) is 6.70. The quantitative estimate of drug-likeness (QED) is 0.781. The summed E-state index contributed by atoms with van der Waals surface area (Å²) in [6.45, 7) is 4.07. The van der Waals surface area contributed by atoms with Crippen LogP contribution in [0.5, 0.6) is 0 Å². The Morgan fingerprint density at radius 2 is 2.13 bits per heavy atom. The molecule has 0 aliphatic carbocycles. The monoisotopic (exact) mass is 327 g/mol. The lowest BCUT2D eigenvalue weighted by atomic mass is 10.2. The van der Waals surface area contributed by atoms with Crippen LogP contribution in [0.4, 0.5) is 0 Å². The third-order valence-electron chi connectivity index (χ3n) is 3.38. The number of nitrogens with one attached hydrogen (secondary N) is 1. The van der Waals surface area contributed by atoms with Crippen molar-refractivity contribution in [2.24, 2.45) is 0 Å². The summed E-state index contributed by atoms with van der Waals surface area (Å²) in [6.07, 6.45) is 1.64. The van der Waals surface area contributed by atoms with Gasteiger partial charge in [-0.15, -0.1) is 16.4 Å². The van der Waals surface area contributed by atoms with E-state index in [4.69, 9.17) is 0 Å². The molecule has 0 fully saturated rings. The average molecular weight is 327 g/mol. The fourth-order valence-electron chi connectivity index (χ4n) is 2.09. The van der Waals surface area contributed by atoms with Crippen molar-refractivity contribution in [3.63, 3.8) is 0 Å². The van der Waals surface area contributed by atoms with Crippen molar-refractivity contribution in [3.8, 4) is 5.69 Å². The molecule has 7 heteroatoms. The number of amides is 1. The molecule has 6 nitrogen and oxygen atoms in total. The van der Waals surface area contributed by atoms with Gasteiger partial charge in [0.2, 0.25) is 5.91 Å². The molecule has 0 aliphatic heterocycles. The summed E-state index contributed by atoms with van der Waals surface area (Å²) in [6, 6.07) is 9.73. The first-order valence-corrected chi connectivity index (χ1v) is 8.17. The minimum atomic E-state index is -0.273. The molecular weight excluding hydrogens is 310 g/mol. The smallest absolute Gasteiger partial charge is 0.230 e. The summed E-state index contributed by atoms with van der Waals surface area (Å²) in [5.41, 5.74) is 1.87. The van der Waals surface area contributed by atoms with Gasteiger partial charge in [0.25, 0.3) is 0 Å². The first-order valence-electron chi connectivity index (χ1n) is 7.29. The first kappa shape index (κ1) is 15.4. The molecule has 1 atom stereocenters. The molecule has 118 valence electrons. The zero-order valence-corrected chi connectivity index (χ0v) is 13.7. The Balaban J connectivity index is 1.60. The van der Waals surface area contributed by atoms with Gasteiger partial charge in [0.1, 0.15) is 11.3 Å². The maximum Gasteiger partial charge on any atom is 0.230 e. The van der Waals surface area contributed by atoms with Gasteiger partial charge in [-0.25, -0.2) is 14.6 Å². The Morgan fingerprint density at radius 1 is 1.35 bits per heavy atom. The number of rotatable bonds is 5. The van der Waals surface area contributed by atoms with E-state index in [0.717, 1.165) is 16.4 Å². The van der Waals surface area contributed by atoms with E-state index in [2.05, 4.69) is 20.4 Å². The van der Waals surface area contributed by atoms with Crippen LogP contribution < -0.4 is 5.32 Å². The number of thiazole rings is 1. The molecule has 2 heterocycles. The topological polar surface area (TPSA) is 72.7 Å². The standard InChI is InChI=1S/C16H17N5OS/c1-11-9-23-16(19-11)12(2)15(22)17-8-14-18-10-21(20-14)13-6-4-3-5-7-13/h3-7,9-10,12H,8H2,1-2H3,(H,17,22). The predicted molar refractivity (Wildman–Crippen MR) is 88.5 cm³/mol. The molecule has 1 N–H and O–H groups in total. The predicted octanol–water partition coefficient (Wildman–Crippen LogP) is 2.45. The SMILES string of the molecule is Cc1csc(C(C)C(=O)NCc2ncn(-c3ccccc3)n2)n1. The third kappa shape index (κ3) is 3.62. The van der Waals surface area contributed by atoms with E-state index in [1.165, 1.54) is 11.3 Å². The van der Waals surface area contributed by atoms with Crippen LogP contribution in [0, 0.1) is 6.92 Å². The van der Waals surface area contributed by atoms with E-state index in [0.29, 0.717) is 12.4 Å². The second-order valence-corrected chi connectivity index (χ2v) is 6.10. The molecule has 0 aliphatic rings. The third-order valence-corrected chi connectivity index (χ3v) is 4.53. The number of hydrogen-bond donors (Lipinski definition) is 1. The summed E-state index contributed by atoms with van der Waals surface area (Å²) in [4.78, 5) is 20.8. The van der Waals surface area contributed by atoms with Gasteiger partial charge in [-0.3, -0.25) is 4.79 Å². The molecule has 0 saturated heterocycles. The Labute approximate surface area is 138 Å². The van der Waals surface area contributed by atoms with Crippen LogP contribution >= 0.6 is 11.3 Å². The highest BCUT2D eigenvalue weighted by atomic mass is 32.1. The highest BCUT2D eigenvalue weighted by Gasteiger charge is 2.18. The molecule has 23 heavy (non-hydrogen) atoms. The van der Waals surface area contributed by atoms with Crippen molar-refractivity contribution in [3.05, 3.63) is 58.6 Å². The van der Waals surface area contributed by atoms with Gasteiger partial charge >= 0.3 is 0 Å². The number of aryl methyl sites for hydroxylation is 1. The first-order chi connectivity index (χ1) is 11.1. The maximum atomic E-state index is 12.2. The van der Waals surface area contributed by atoms with E-state index in [-0.39, 0.29) is 11.8 Å². The molecule has 3 rings (SSSR count). The van der Waals surface area contributed by atoms with E-state index >= 15 is 0 Å². The molecule has 0 radical (unpaired) electrons. The van der Waals surface area contributed by atoms with Gasteiger partial charge in [0.05, 0.1) is 18.2 Å². The van der Waals surface area contributed by atoms with Gasteiger partial charge in [-0.1, -0.05) is 18.2 Å². The molecule has 2 aromatic heterocycles. The van der Waals surface area contributed by atoms with Crippen LogP contribution in [0.15, 0.2) is 42.0 Å². The number of nitrogens with zero attached hydrogens (tertiary/aromatic N) is 4. The van der Waals surface area contributed by atoms with Crippen LogP contribution in [0.1, 0.15) is 29.4 Å². The highest BCUT2D eigenvalue weighted by molar-refractivity contribution is 7.09. The summed E-state index contributed by atoms with van der Waals surface area (Å²) >= 11 is 1.50. The number of carbonyl (C=O) groups is 1. The molecule has 0 spiro atoms. The zero-order chi connectivity index (χ0) is 16.2. The van der Waals surface area contributed by atoms with Gasteiger partial charge in [0.15, 0.2) is 5.82 Å². The fourth-order valence-corrected chi connectivity index (χ4v) is 2.94. The normalized spacial score (nSPS) is 12.1. The van der Waals surface area contributed by atoms with E-state index < -0.39 is 0 Å². The van der Waals surface area contributed by atoms with Gasteiger partial charge < -0.3 is 5.32 Å². The molecule has 1 unspecified atom stereocenters. The number of carbonyl (C=O) groups excluding carboxylic acids is 1. The van der Waals surface area contributed by atoms with Gasteiger partial charge in [-0.05, 0) is 26.0 Å². The molecule has 0 bridgehead atoms. The lowest BCUT2D eigenvalue weighted by molar-refractivity contribution is -0.122. The average Bonchev–Trinajstić information content (AvgIpc) is 3.22. The Bertz CT molecular complexity index is 796. The number of benzene rings is 1. The summed E-state index contributed by atoms with van der Waals surface area (Å²) in [5.74, 6) is 0.227. The minimum Gasteiger partial charge on any atom is -0.348 e. The Hall–Kier alpha value is -2.54. The van der Waals surface area contributed by atoms with E-state index in [9.17, 15) is 4.79 Å². The van der Waals surface area contributed by atoms with Crippen molar-refractivity contribution < 1.29 is 4.79 Å². The van der Waals surface area contributed by atoms with Crippen molar-refractivity contribution in [2.75, 3.05) is 0 Å². The van der Waals surface area contributed by atoms with Crippen LogP contribution in [-0.2, 0) is 11.3 Å². The Morgan fingerprint density at radius 3 is 2.83 bits per heavy atom. The molecule has 1 aromatic carbocycles. The molecule has 1 amide bonds. The molecular formula is C16H17N5OS. The number of aromatic nitrogens is 4. The van der Waals surface area contributed by atoms with Crippen molar-refractivity contribution in [2.45, 2.75) is 26.3 Å². The van der Waals surface area contributed by atoms with E-state index in [1.54, 1.807) is 11.0 Å². The maximum absolute atomic E-state index is 12.2. The summed E-state index contributed by atoms with van der Waals surface area (Å²) in [7, 11) is 0. The number of hydrogen-bond acceptors (Lipinski definition) is 5. The summed E-state index contributed by atoms with van der Waals surface area (Å²) in [5, 5.41) is 10.00. The molecule has 0 saturated carbocycles. The van der Waals surface area contributed by atoms with Gasteiger partial charge in [0, 0.05) is 11.1 Å². The summed E-state index contributed by atoms with van der Waals surface area (Å²) < 4.78 is 1.69.